The van der Waals surface area contributed by atoms with Crippen molar-refractivity contribution >= 4 is 38.7 Å². The maximum atomic E-state index is 2.51. The number of para-hydroxylation sites is 2. The number of fused-ring (bicyclic) bond motifs is 6. The van der Waals surface area contributed by atoms with Crippen LogP contribution in [0.3, 0.4) is 0 Å². The molecule has 0 radical (unpaired) electrons. The van der Waals surface area contributed by atoms with Crippen LogP contribution in [0.5, 0.6) is 0 Å². The van der Waals surface area contributed by atoms with Crippen LogP contribution in [0, 0.1) is 0 Å². The van der Waals surface area contributed by atoms with Gasteiger partial charge in [-0.15, -0.1) is 0 Å². The van der Waals surface area contributed by atoms with E-state index < -0.39 is 0 Å². The van der Waals surface area contributed by atoms with Crippen LogP contribution in [-0.4, -0.2) is 4.57 Å². The molecule has 1 aliphatic rings. The molecule has 2 heteroatoms. The number of benzene rings is 10. The number of rotatable bonds is 8. The maximum absolute atomic E-state index is 2.51. The Morgan fingerprint density at radius 3 is 1.54 bits per heavy atom. The molecule has 0 N–H and O–H groups in total. The molecule has 0 fully saturated rings. The Balaban J connectivity index is 1.05. The summed E-state index contributed by atoms with van der Waals surface area (Å²) in [7, 11) is 0. The Morgan fingerprint density at radius 1 is 0.349 bits per heavy atom. The van der Waals surface area contributed by atoms with E-state index in [-0.39, 0.29) is 5.92 Å². The molecule has 296 valence electrons. The van der Waals surface area contributed by atoms with Crippen molar-refractivity contribution in [1.82, 2.24) is 4.57 Å². The Hall–Kier alpha value is -8.20. The zero-order valence-corrected chi connectivity index (χ0v) is 34.6. The quantitative estimate of drug-likeness (QED) is 0.149. The van der Waals surface area contributed by atoms with Crippen molar-refractivity contribution in [2.45, 2.75) is 5.92 Å². The van der Waals surface area contributed by atoms with Gasteiger partial charge >= 0.3 is 0 Å². The summed E-state index contributed by atoms with van der Waals surface area (Å²) in [5.74, 6) is 0.0283. The molecule has 0 saturated carbocycles. The fourth-order valence-electron chi connectivity index (χ4n) is 10.0. The van der Waals surface area contributed by atoms with E-state index in [1.165, 1.54) is 88.7 Å². The summed E-state index contributed by atoms with van der Waals surface area (Å²) in [4.78, 5) is 2.47. The third-order valence-electron chi connectivity index (χ3n) is 12.9. The van der Waals surface area contributed by atoms with Crippen molar-refractivity contribution in [2.75, 3.05) is 4.90 Å². The van der Waals surface area contributed by atoms with Crippen molar-refractivity contribution in [3.05, 3.63) is 266 Å². The average Bonchev–Trinajstić information content (AvgIpc) is 3.88. The van der Waals surface area contributed by atoms with E-state index in [1.54, 1.807) is 0 Å². The molecule has 0 bridgehead atoms. The molecule has 1 aromatic heterocycles. The molecule has 1 unspecified atom stereocenters. The van der Waals surface area contributed by atoms with E-state index in [2.05, 4.69) is 258 Å². The summed E-state index contributed by atoms with van der Waals surface area (Å²) in [5, 5.41) is 3.75. The zero-order valence-electron chi connectivity index (χ0n) is 34.6. The third-order valence-corrected chi connectivity index (χ3v) is 12.9. The normalized spacial score (nSPS) is 12.9. The second-order valence-corrected chi connectivity index (χ2v) is 16.4. The SMILES string of the molecule is c1ccc(-c2ccc(-c3ccc(N(c4ccc(-c5cccc6ccccc56)cc4)c4cccc5c4-c4c(n(-c6ccccc6)c6ccccc46)C5c4ccccc4)cc3)cc2)cc1. The van der Waals surface area contributed by atoms with Crippen LogP contribution < -0.4 is 4.90 Å². The van der Waals surface area contributed by atoms with E-state index in [0.29, 0.717) is 0 Å². The average molecular weight is 803 g/mol. The summed E-state index contributed by atoms with van der Waals surface area (Å²) >= 11 is 0. The minimum atomic E-state index is 0.0283. The predicted molar refractivity (Wildman–Crippen MR) is 265 cm³/mol. The molecule has 63 heavy (non-hydrogen) atoms. The Labute approximate surface area is 368 Å². The second kappa shape index (κ2) is 15.4. The number of hydrogen-bond donors (Lipinski definition) is 0. The Bertz CT molecular complexity index is 3400. The molecule has 1 heterocycles. The molecule has 11 aromatic rings. The van der Waals surface area contributed by atoms with E-state index in [0.717, 1.165) is 17.1 Å². The number of hydrogen-bond acceptors (Lipinski definition) is 1. The van der Waals surface area contributed by atoms with Crippen molar-refractivity contribution < 1.29 is 0 Å². The predicted octanol–water partition coefficient (Wildman–Crippen LogP) is 16.4. The van der Waals surface area contributed by atoms with Crippen LogP contribution >= 0.6 is 0 Å². The van der Waals surface area contributed by atoms with Crippen LogP contribution in [0.15, 0.2) is 249 Å². The maximum Gasteiger partial charge on any atom is 0.0544 e. The highest BCUT2D eigenvalue weighted by Gasteiger charge is 2.38. The standard InChI is InChI=1S/C61H42N2/c1-4-16-42(17-5-1)43-30-32-44(33-31-43)45-34-38-50(39-35-45)62(51-40-36-47(37-41-51)53-26-14-21-46-18-10-11-24-52(46)53)57-29-15-27-55-58(48-19-6-2-7-20-48)61-60(59(55)57)54-25-12-13-28-56(54)63(61)49-22-8-3-9-23-49/h1-41,58H. The largest absolute Gasteiger partial charge is 0.312 e. The van der Waals surface area contributed by atoms with E-state index in [9.17, 15) is 0 Å². The van der Waals surface area contributed by atoms with Crippen molar-refractivity contribution in [3.63, 3.8) is 0 Å². The summed E-state index contributed by atoms with van der Waals surface area (Å²) in [6, 6.07) is 90.8. The van der Waals surface area contributed by atoms with Gasteiger partial charge in [-0.3, -0.25) is 0 Å². The fraction of sp³-hybridized carbons (Fsp3) is 0.0164. The first kappa shape index (κ1) is 36.6. The van der Waals surface area contributed by atoms with Gasteiger partial charge in [0.1, 0.15) is 0 Å². The van der Waals surface area contributed by atoms with Gasteiger partial charge in [0, 0.05) is 39.3 Å². The minimum absolute atomic E-state index is 0.0283. The lowest BCUT2D eigenvalue weighted by atomic mass is 9.91. The highest BCUT2D eigenvalue weighted by atomic mass is 15.1. The Morgan fingerprint density at radius 2 is 0.857 bits per heavy atom. The monoisotopic (exact) mass is 802 g/mol. The van der Waals surface area contributed by atoms with Crippen LogP contribution in [0.4, 0.5) is 17.1 Å². The van der Waals surface area contributed by atoms with Crippen LogP contribution in [0.1, 0.15) is 22.7 Å². The van der Waals surface area contributed by atoms with Crippen molar-refractivity contribution in [2.24, 2.45) is 0 Å². The molecule has 1 aliphatic carbocycles. The molecule has 12 rings (SSSR count). The van der Waals surface area contributed by atoms with Gasteiger partial charge in [-0.05, 0) is 104 Å². The molecule has 0 amide bonds. The first-order valence-electron chi connectivity index (χ1n) is 21.8. The van der Waals surface area contributed by atoms with Crippen LogP contribution in [0.25, 0.3) is 71.9 Å². The number of nitrogens with zero attached hydrogens (tertiary/aromatic N) is 2. The van der Waals surface area contributed by atoms with Gasteiger partial charge in [0.05, 0.1) is 17.1 Å². The van der Waals surface area contributed by atoms with Gasteiger partial charge in [-0.1, -0.05) is 200 Å². The molecule has 0 aliphatic heterocycles. The molecular formula is C61H42N2. The summed E-state index contributed by atoms with van der Waals surface area (Å²) in [6.07, 6.45) is 0. The van der Waals surface area contributed by atoms with Crippen LogP contribution in [-0.2, 0) is 0 Å². The third kappa shape index (κ3) is 6.26. The van der Waals surface area contributed by atoms with Gasteiger partial charge in [-0.25, -0.2) is 0 Å². The minimum Gasteiger partial charge on any atom is -0.312 e. The van der Waals surface area contributed by atoms with Gasteiger partial charge in [-0.2, -0.15) is 0 Å². The van der Waals surface area contributed by atoms with Gasteiger partial charge in [0.25, 0.3) is 0 Å². The molecule has 0 saturated heterocycles. The first-order chi connectivity index (χ1) is 31.3. The smallest absolute Gasteiger partial charge is 0.0544 e. The summed E-state index contributed by atoms with van der Waals surface area (Å²) in [5.41, 5.74) is 19.4. The van der Waals surface area contributed by atoms with Crippen molar-refractivity contribution in [1.29, 1.82) is 0 Å². The van der Waals surface area contributed by atoms with Gasteiger partial charge < -0.3 is 9.47 Å². The molecule has 10 aromatic carbocycles. The molecule has 0 spiro atoms. The molecule has 1 atom stereocenters. The van der Waals surface area contributed by atoms with Gasteiger partial charge in [0.15, 0.2) is 0 Å². The highest BCUT2D eigenvalue weighted by molar-refractivity contribution is 6.08. The number of anilines is 3. The zero-order chi connectivity index (χ0) is 41.7. The molecule has 2 nitrogen and oxygen atoms in total. The van der Waals surface area contributed by atoms with Crippen molar-refractivity contribution in [3.8, 4) is 50.2 Å². The lowest BCUT2D eigenvalue weighted by Crippen LogP contribution is -2.12. The topological polar surface area (TPSA) is 8.17 Å². The Kier molecular flexibility index (Phi) is 8.93. The summed E-state index contributed by atoms with van der Waals surface area (Å²) in [6.45, 7) is 0. The van der Waals surface area contributed by atoms with E-state index in [1.807, 2.05) is 0 Å². The lowest BCUT2D eigenvalue weighted by molar-refractivity contribution is 0.903. The van der Waals surface area contributed by atoms with Gasteiger partial charge in [0.2, 0.25) is 0 Å². The fourth-order valence-corrected chi connectivity index (χ4v) is 10.0. The van der Waals surface area contributed by atoms with E-state index in [4.69, 9.17) is 0 Å². The van der Waals surface area contributed by atoms with E-state index >= 15 is 0 Å². The summed E-state index contributed by atoms with van der Waals surface area (Å²) < 4.78 is 2.51. The number of aromatic nitrogens is 1. The van der Waals surface area contributed by atoms with Crippen LogP contribution in [0.2, 0.25) is 0 Å². The highest BCUT2D eigenvalue weighted by Crippen LogP contribution is 2.57. The lowest BCUT2D eigenvalue weighted by Gasteiger charge is -2.28. The second-order valence-electron chi connectivity index (χ2n) is 16.4. The molecular weight excluding hydrogens is 761 g/mol. The first-order valence-corrected chi connectivity index (χ1v) is 21.8.